The summed E-state index contributed by atoms with van der Waals surface area (Å²) < 4.78 is 24.0. The number of hydrogen-bond donors (Lipinski definition) is 2. The number of nitrogens with one attached hydrogen (secondary N) is 1. The molecule has 4 nitrogen and oxygen atoms in total. The molecule has 1 aromatic rings. The summed E-state index contributed by atoms with van der Waals surface area (Å²) in [5.74, 6) is 0. The van der Waals surface area contributed by atoms with E-state index in [2.05, 4.69) is 5.32 Å². The lowest BCUT2D eigenvalue weighted by Crippen LogP contribution is -2.34. The van der Waals surface area contributed by atoms with E-state index in [1.807, 2.05) is 0 Å². The molecule has 0 radical (unpaired) electrons. The molecule has 3 N–H and O–H groups in total. The highest BCUT2D eigenvalue weighted by atomic mass is 19.3. The number of halogens is 2. The van der Waals surface area contributed by atoms with Crippen LogP contribution >= 0.6 is 0 Å². The van der Waals surface area contributed by atoms with Crippen LogP contribution in [-0.2, 0) is 0 Å². The summed E-state index contributed by atoms with van der Waals surface area (Å²) in [7, 11) is 1.30. The van der Waals surface area contributed by atoms with E-state index in [9.17, 15) is 13.6 Å². The van der Waals surface area contributed by atoms with Gasteiger partial charge in [-0.15, -0.1) is 0 Å². The number of carbonyl (C=O) groups is 1. The van der Waals surface area contributed by atoms with E-state index in [0.717, 1.165) is 4.90 Å². The van der Waals surface area contributed by atoms with Crippen LogP contribution < -0.4 is 11.1 Å². The number of nitrogen functional groups attached to an aromatic ring is 1. The van der Waals surface area contributed by atoms with Crippen LogP contribution in [0.5, 0.6) is 0 Å². The fraction of sp³-hybridized carbons (Fsp3) is 0.300. The summed E-state index contributed by atoms with van der Waals surface area (Å²) in [6, 6.07) is 5.85. The quantitative estimate of drug-likeness (QED) is 0.779. The second-order valence-corrected chi connectivity index (χ2v) is 3.32. The number of amides is 2. The fourth-order valence-corrected chi connectivity index (χ4v) is 1.08. The number of nitrogens with zero attached hydrogens (tertiary/aromatic N) is 1. The first kappa shape index (κ1) is 12.2. The third kappa shape index (κ3) is 3.72. The maximum absolute atomic E-state index is 12.0. The van der Waals surface area contributed by atoms with Crippen molar-refractivity contribution in [2.45, 2.75) is 6.43 Å². The normalized spacial score (nSPS) is 10.2. The van der Waals surface area contributed by atoms with Gasteiger partial charge in [-0.3, -0.25) is 0 Å². The van der Waals surface area contributed by atoms with Crippen molar-refractivity contribution in [1.82, 2.24) is 4.90 Å². The van der Waals surface area contributed by atoms with Gasteiger partial charge in [0.25, 0.3) is 6.43 Å². The Labute approximate surface area is 92.0 Å². The second kappa shape index (κ2) is 5.29. The van der Waals surface area contributed by atoms with Crippen LogP contribution in [0, 0.1) is 0 Å². The molecule has 0 fully saturated rings. The minimum absolute atomic E-state index is 0.514. The molecule has 0 aromatic heterocycles. The molecule has 6 heteroatoms. The third-order valence-electron chi connectivity index (χ3n) is 1.92. The molecule has 0 bridgehead atoms. The van der Waals surface area contributed by atoms with Crippen molar-refractivity contribution >= 4 is 17.4 Å². The van der Waals surface area contributed by atoms with E-state index in [0.29, 0.717) is 11.4 Å². The maximum atomic E-state index is 12.0. The number of alkyl halides is 2. The summed E-state index contributed by atoms with van der Waals surface area (Å²) in [4.78, 5) is 12.3. The lowest BCUT2D eigenvalue weighted by Gasteiger charge is -2.17. The topological polar surface area (TPSA) is 58.4 Å². The first-order valence-corrected chi connectivity index (χ1v) is 4.65. The van der Waals surface area contributed by atoms with E-state index >= 15 is 0 Å². The first-order valence-electron chi connectivity index (χ1n) is 4.65. The third-order valence-corrected chi connectivity index (χ3v) is 1.92. The molecule has 16 heavy (non-hydrogen) atoms. The van der Waals surface area contributed by atoms with Gasteiger partial charge in [0.15, 0.2) is 0 Å². The molecule has 0 aliphatic carbocycles. The van der Waals surface area contributed by atoms with Gasteiger partial charge in [-0.1, -0.05) is 0 Å². The molecule has 0 unspecified atom stereocenters. The molecule has 0 heterocycles. The molecular formula is C10H13F2N3O. The largest absolute Gasteiger partial charge is 0.399 e. The Bertz CT molecular complexity index is 354. The van der Waals surface area contributed by atoms with E-state index in [4.69, 9.17) is 5.73 Å². The number of nitrogens with two attached hydrogens (primary N) is 1. The summed E-state index contributed by atoms with van der Waals surface area (Å²) in [5, 5.41) is 2.47. The van der Waals surface area contributed by atoms with Gasteiger partial charge in [0.1, 0.15) is 0 Å². The van der Waals surface area contributed by atoms with E-state index < -0.39 is 19.0 Å². The van der Waals surface area contributed by atoms with Gasteiger partial charge < -0.3 is 16.0 Å². The second-order valence-electron chi connectivity index (χ2n) is 3.32. The van der Waals surface area contributed by atoms with Crippen molar-refractivity contribution in [3.8, 4) is 0 Å². The van der Waals surface area contributed by atoms with Gasteiger partial charge in [-0.2, -0.15) is 0 Å². The van der Waals surface area contributed by atoms with Gasteiger partial charge >= 0.3 is 6.03 Å². The number of urea groups is 1. The van der Waals surface area contributed by atoms with Crippen molar-refractivity contribution in [2.75, 3.05) is 24.6 Å². The van der Waals surface area contributed by atoms with Crippen LogP contribution in [0.15, 0.2) is 24.3 Å². The maximum Gasteiger partial charge on any atom is 0.321 e. The van der Waals surface area contributed by atoms with E-state index in [-0.39, 0.29) is 0 Å². The molecule has 1 aromatic carbocycles. The van der Waals surface area contributed by atoms with Crippen molar-refractivity contribution in [3.63, 3.8) is 0 Å². The zero-order chi connectivity index (χ0) is 12.1. The van der Waals surface area contributed by atoms with Gasteiger partial charge in [0.2, 0.25) is 0 Å². The molecule has 88 valence electrons. The Hall–Kier alpha value is -1.85. The predicted molar refractivity (Wildman–Crippen MR) is 58.5 cm³/mol. The lowest BCUT2D eigenvalue weighted by molar-refractivity contribution is 0.111. The van der Waals surface area contributed by atoms with Gasteiger partial charge in [-0.25, -0.2) is 13.6 Å². The molecule has 1 rings (SSSR count). The lowest BCUT2D eigenvalue weighted by atomic mass is 10.3. The number of anilines is 2. The average Bonchev–Trinajstić information content (AvgIpc) is 2.20. The highest BCUT2D eigenvalue weighted by Gasteiger charge is 2.13. The van der Waals surface area contributed by atoms with Crippen molar-refractivity contribution in [1.29, 1.82) is 0 Å². The average molecular weight is 229 g/mol. The minimum Gasteiger partial charge on any atom is -0.399 e. The standard InChI is InChI=1S/C10H13F2N3O/c1-15(6-9(11)12)10(16)14-8-4-2-7(13)3-5-8/h2-5,9H,6,13H2,1H3,(H,14,16). The molecule has 0 spiro atoms. The van der Waals surface area contributed by atoms with Crippen molar-refractivity contribution in [3.05, 3.63) is 24.3 Å². The summed E-state index contributed by atoms with van der Waals surface area (Å²) in [5.41, 5.74) is 6.54. The number of benzene rings is 1. The Balaban J connectivity index is 2.54. The van der Waals surface area contributed by atoms with Gasteiger partial charge in [-0.05, 0) is 24.3 Å². The molecular weight excluding hydrogens is 216 g/mol. The molecule has 0 aliphatic rings. The van der Waals surface area contributed by atoms with E-state index in [1.54, 1.807) is 24.3 Å². The highest BCUT2D eigenvalue weighted by Crippen LogP contribution is 2.11. The fourth-order valence-electron chi connectivity index (χ4n) is 1.08. The van der Waals surface area contributed by atoms with Crippen LogP contribution in [0.2, 0.25) is 0 Å². The SMILES string of the molecule is CN(CC(F)F)C(=O)Nc1ccc(N)cc1. The van der Waals surface area contributed by atoms with Crippen LogP contribution in [0.25, 0.3) is 0 Å². The molecule has 0 aliphatic heterocycles. The highest BCUT2D eigenvalue weighted by molar-refractivity contribution is 5.89. The van der Waals surface area contributed by atoms with Crippen molar-refractivity contribution < 1.29 is 13.6 Å². The summed E-state index contributed by atoms with van der Waals surface area (Å²) >= 11 is 0. The van der Waals surface area contributed by atoms with Crippen LogP contribution in [-0.4, -0.2) is 30.9 Å². The molecule has 0 atom stereocenters. The first-order chi connectivity index (χ1) is 7.49. The number of hydrogen-bond acceptors (Lipinski definition) is 2. The monoisotopic (exact) mass is 229 g/mol. The summed E-state index contributed by atoms with van der Waals surface area (Å²) in [6.07, 6.45) is -2.54. The molecule has 2 amide bonds. The van der Waals surface area contributed by atoms with Gasteiger partial charge in [0, 0.05) is 18.4 Å². The van der Waals surface area contributed by atoms with Crippen LogP contribution in [0.1, 0.15) is 0 Å². The number of rotatable bonds is 3. The number of carbonyl (C=O) groups excluding carboxylic acids is 1. The zero-order valence-corrected chi connectivity index (χ0v) is 8.78. The Morgan fingerprint density at radius 3 is 2.50 bits per heavy atom. The predicted octanol–water partition coefficient (Wildman–Crippen LogP) is 2.00. The van der Waals surface area contributed by atoms with E-state index in [1.165, 1.54) is 7.05 Å². The Morgan fingerprint density at radius 1 is 1.44 bits per heavy atom. The minimum atomic E-state index is -2.54. The Morgan fingerprint density at radius 2 is 2.00 bits per heavy atom. The van der Waals surface area contributed by atoms with Crippen molar-refractivity contribution in [2.24, 2.45) is 0 Å². The molecule has 0 saturated carbocycles. The zero-order valence-electron chi connectivity index (χ0n) is 8.78. The smallest absolute Gasteiger partial charge is 0.321 e. The summed E-state index contributed by atoms with van der Waals surface area (Å²) in [6.45, 7) is -0.596. The van der Waals surface area contributed by atoms with Crippen LogP contribution in [0.4, 0.5) is 25.0 Å². The molecule has 0 saturated heterocycles. The van der Waals surface area contributed by atoms with Gasteiger partial charge in [0.05, 0.1) is 6.54 Å². The Kier molecular flexibility index (Phi) is 4.04. The van der Waals surface area contributed by atoms with Crippen LogP contribution in [0.3, 0.4) is 0 Å².